The summed E-state index contributed by atoms with van der Waals surface area (Å²) in [5.74, 6) is -7.07. The second-order valence-electron chi connectivity index (χ2n) is 3.13. The first kappa shape index (κ1) is 24.1. The zero-order valence-corrected chi connectivity index (χ0v) is 10.7. The smallest absolute Gasteiger partial charge is 0.335 e. The van der Waals surface area contributed by atoms with E-state index in [0.717, 1.165) is 0 Å². The van der Waals surface area contributed by atoms with Crippen LogP contribution in [0.25, 0.3) is 0 Å². The van der Waals surface area contributed by atoms with Crippen molar-refractivity contribution in [2.45, 2.75) is 24.4 Å². The van der Waals surface area contributed by atoms with Crippen molar-refractivity contribution in [1.82, 2.24) is 0 Å². The molecule has 2 unspecified atom stereocenters. The molecule has 0 fully saturated rings. The molecule has 13 heteroatoms. The normalized spacial score (nSPS) is 15.0. The lowest BCUT2D eigenvalue weighted by Gasteiger charge is -2.07. The Bertz CT molecular complexity index is 309. The van der Waals surface area contributed by atoms with Crippen LogP contribution in [0.2, 0.25) is 0 Å². The van der Waals surface area contributed by atoms with Gasteiger partial charge in [-0.15, -0.1) is 12.4 Å². The lowest BCUT2D eigenvalue weighted by Crippen LogP contribution is -2.39. The Morgan fingerprint density at radius 3 is 0.619 bits per heavy atom. The number of halogens is 1. The van der Waals surface area contributed by atoms with Gasteiger partial charge < -0.3 is 40.9 Å². The van der Waals surface area contributed by atoms with Crippen molar-refractivity contribution in [2.75, 3.05) is 0 Å². The quantitative estimate of drug-likeness (QED) is 0.233. The Kier molecular flexibility index (Phi) is 12.3. The topological polar surface area (TPSA) is 230 Å². The van der Waals surface area contributed by atoms with Crippen molar-refractivity contribution in [3.05, 3.63) is 0 Å². The van der Waals surface area contributed by atoms with Crippen LogP contribution in [0.4, 0.5) is 0 Å². The van der Waals surface area contributed by atoms with Crippen LogP contribution < -0.4 is 0 Å². The Labute approximate surface area is 121 Å². The molecule has 0 heterocycles. The van der Waals surface area contributed by atoms with Gasteiger partial charge in [-0.05, 0) is 0 Å². The van der Waals surface area contributed by atoms with Gasteiger partial charge in [0.1, 0.15) is 0 Å². The molecule has 0 aliphatic carbocycles. The van der Waals surface area contributed by atoms with Crippen LogP contribution in [-0.4, -0.2) is 89.1 Å². The summed E-state index contributed by atoms with van der Waals surface area (Å²) in [6, 6.07) is 0. The Morgan fingerprint density at radius 1 is 0.476 bits per heavy atom. The van der Waals surface area contributed by atoms with Crippen LogP contribution in [0.15, 0.2) is 0 Å². The van der Waals surface area contributed by atoms with Gasteiger partial charge in [-0.2, -0.15) is 0 Å². The minimum atomic E-state index is -2.27. The molecule has 124 valence electrons. The first-order chi connectivity index (χ1) is 8.93. The number of carboxylic acids is 4. The number of aliphatic hydroxyl groups is 4. The highest BCUT2D eigenvalue weighted by molar-refractivity contribution is 5.85. The Hall–Kier alpha value is -1.99. The summed E-state index contributed by atoms with van der Waals surface area (Å²) in [5.41, 5.74) is 0. The molecule has 0 aliphatic heterocycles. The van der Waals surface area contributed by atoms with Crippen molar-refractivity contribution < 1.29 is 60.0 Å². The summed E-state index contributed by atoms with van der Waals surface area (Å²) < 4.78 is 0. The molecular weight excluding hydrogens is 324 g/mol. The number of rotatable bonds is 6. The lowest BCUT2D eigenvalue weighted by molar-refractivity contribution is -0.165. The first-order valence-electron chi connectivity index (χ1n) is 4.57. The number of hydrogen-bond donors (Lipinski definition) is 8. The average molecular weight is 337 g/mol. The van der Waals surface area contributed by atoms with Gasteiger partial charge in [0.15, 0.2) is 24.4 Å². The second kappa shape index (κ2) is 10.8. The van der Waals surface area contributed by atoms with E-state index >= 15 is 0 Å². The van der Waals surface area contributed by atoms with Crippen LogP contribution >= 0.6 is 12.4 Å². The van der Waals surface area contributed by atoms with Gasteiger partial charge in [-0.25, -0.2) is 19.2 Å². The van der Waals surface area contributed by atoms with Crippen LogP contribution in [-0.2, 0) is 19.2 Å². The van der Waals surface area contributed by atoms with E-state index in [2.05, 4.69) is 0 Å². The van der Waals surface area contributed by atoms with E-state index in [-0.39, 0.29) is 12.4 Å². The van der Waals surface area contributed by atoms with E-state index in [0.29, 0.717) is 0 Å². The van der Waals surface area contributed by atoms with Crippen LogP contribution in [0.1, 0.15) is 0 Å². The molecule has 0 saturated carbocycles. The van der Waals surface area contributed by atoms with Crippen molar-refractivity contribution in [3.63, 3.8) is 0 Å². The fraction of sp³-hybridized carbons (Fsp3) is 0.500. The molecule has 0 aromatic carbocycles. The largest absolute Gasteiger partial charge is 0.479 e. The number of aliphatic hydroxyl groups excluding tert-OH is 4. The van der Waals surface area contributed by atoms with E-state index in [1.165, 1.54) is 0 Å². The molecule has 0 aromatic rings. The van der Waals surface area contributed by atoms with E-state index in [1.807, 2.05) is 0 Å². The zero-order chi connectivity index (χ0) is 16.6. The van der Waals surface area contributed by atoms with Gasteiger partial charge in [0, 0.05) is 0 Å². The van der Waals surface area contributed by atoms with E-state index in [9.17, 15) is 19.2 Å². The maximum atomic E-state index is 9.77. The predicted molar refractivity (Wildman–Crippen MR) is 61.8 cm³/mol. The average Bonchev–Trinajstić information content (AvgIpc) is 2.35. The van der Waals surface area contributed by atoms with E-state index in [4.69, 9.17) is 40.9 Å². The summed E-state index contributed by atoms with van der Waals surface area (Å²) in [4.78, 5) is 39.1. The molecule has 0 amide bonds. The van der Waals surface area contributed by atoms with Gasteiger partial charge in [-0.3, -0.25) is 0 Å². The van der Waals surface area contributed by atoms with Crippen molar-refractivity contribution in [1.29, 1.82) is 0 Å². The fourth-order valence-electron chi connectivity index (χ4n) is 0.540. The molecule has 12 nitrogen and oxygen atoms in total. The van der Waals surface area contributed by atoms with Gasteiger partial charge in [0.05, 0.1) is 0 Å². The minimum Gasteiger partial charge on any atom is -0.479 e. The Balaban J connectivity index is -0.000000295. The van der Waals surface area contributed by atoms with Gasteiger partial charge >= 0.3 is 23.9 Å². The third kappa shape index (κ3) is 9.53. The number of aliphatic carboxylic acids is 4. The standard InChI is InChI=1S/2C4H6O6.ClH/c2*5-1(3(7)8)2(6)4(9)10;/h2*1-2,5-6H,(H,7,8)(H,9,10);1H/t1-,2-;;/m0../s1. The first-order valence-corrected chi connectivity index (χ1v) is 4.57. The van der Waals surface area contributed by atoms with E-state index in [1.54, 1.807) is 0 Å². The maximum Gasteiger partial charge on any atom is 0.335 e. The maximum absolute atomic E-state index is 9.77. The number of carbonyl (C=O) groups is 4. The van der Waals surface area contributed by atoms with Crippen LogP contribution in [0, 0.1) is 0 Å². The van der Waals surface area contributed by atoms with Crippen molar-refractivity contribution in [2.24, 2.45) is 0 Å². The summed E-state index contributed by atoms with van der Waals surface area (Å²) in [5, 5.41) is 65.1. The minimum absolute atomic E-state index is 0. The highest BCUT2D eigenvalue weighted by Crippen LogP contribution is 1.93. The summed E-state index contributed by atoms with van der Waals surface area (Å²) >= 11 is 0. The molecule has 0 aliphatic rings. The van der Waals surface area contributed by atoms with Crippen molar-refractivity contribution >= 4 is 36.3 Å². The summed E-state index contributed by atoms with van der Waals surface area (Å²) in [7, 11) is 0. The summed E-state index contributed by atoms with van der Waals surface area (Å²) in [6.07, 6.45) is -9.06. The number of carboxylic acid groups (broad SMARTS) is 4. The molecule has 0 aromatic heterocycles. The number of hydrogen-bond acceptors (Lipinski definition) is 8. The molecule has 4 atom stereocenters. The molecule has 21 heavy (non-hydrogen) atoms. The van der Waals surface area contributed by atoms with E-state index < -0.39 is 48.3 Å². The third-order valence-electron chi connectivity index (χ3n) is 1.61. The van der Waals surface area contributed by atoms with Gasteiger partial charge in [0.25, 0.3) is 0 Å². The van der Waals surface area contributed by atoms with Gasteiger partial charge in [-0.1, -0.05) is 0 Å². The molecule has 0 rings (SSSR count). The van der Waals surface area contributed by atoms with Gasteiger partial charge in [0.2, 0.25) is 0 Å². The zero-order valence-electron chi connectivity index (χ0n) is 9.93. The highest BCUT2D eigenvalue weighted by Gasteiger charge is 2.30. The fourth-order valence-corrected chi connectivity index (χ4v) is 0.540. The summed E-state index contributed by atoms with van der Waals surface area (Å²) in [6.45, 7) is 0. The molecular formula is C8H13ClO12. The monoisotopic (exact) mass is 336 g/mol. The van der Waals surface area contributed by atoms with Crippen molar-refractivity contribution in [3.8, 4) is 0 Å². The SMILES string of the molecule is Cl.O=C(O)C(O)C(O)C(=O)O.O=C(O)[C@@H](O)[C@H](O)C(=O)O. The highest BCUT2D eigenvalue weighted by atomic mass is 35.5. The molecule has 0 bridgehead atoms. The predicted octanol–water partition coefficient (Wildman–Crippen LogP) is -3.82. The third-order valence-corrected chi connectivity index (χ3v) is 1.61. The Morgan fingerprint density at radius 2 is 0.571 bits per heavy atom. The molecule has 0 radical (unpaired) electrons. The lowest BCUT2D eigenvalue weighted by atomic mass is 10.2. The van der Waals surface area contributed by atoms with Crippen LogP contribution in [0.5, 0.6) is 0 Å². The molecule has 0 saturated heterocycles. The molecule has 0 spiro atoms. The molecule has 8 N–H and O–H groups in total. The van der Waals surface area contributed by atoms with Crippen LogP contribution in [0.3, 0.4) is 0 Å². The second-order valence-corrected chi connectivity index (χ2v) is 3.13.